The van der Waals surface area contributed by atoms with E-state index in [1.54, 1.807) is 0 Å². The lowest BCUT2D eigenvalue weighted by Crippen LogP contribution is -2.08. The lowest BCUT2D eigenvalue weighted by atomic mass is 9.91. The topological polar surface area (TPSA) is 48.9 Å². The van der Waals surface area contributed by atoms with E-state index in [0.717, 1.165) is 41.8 Å². The third-order valence-electron chi connectivity index (χ3n) is 3.45. The molecule has 2 N–H and O–H groups in total. The average Bonchev–Trinajstić information content (AvgIpc) is 2.75. The Labute approximate surface area is 100 Å². The molecule has 1 aliphatic carbocycles. The minimum Gasteiger partial charge on any atom is -0.388 e. The third-order valence-corrected chi connectivity index (χ3v) is 3.45. The second kappa shape index (κ2) is 4.00. The first-order valence-electron chi connectivity index (χ1n) is 6.08. The van der Waals surface area contributed by atoms with Gasteiger partial charge in [0.25, 0.3) is 0 Å². The zero-order chi connectivity index (χ0) is 11.8. The van der Waals surface area contributed by atoms with Crippen LogP contribution < -0.4 is 0 Å². The van der Waals surface area contributed by atoms with E-state index in [1.165, 1.54) is 5.56 Å². The second-order valence-corrected chi connectivity index (χ2v) is 4.74. The molecule has 1 heterocycles. The fraction of sp³-hybridized carbons (Fsp3) is 0.357. The minimum absolute atomic E-state index is 0.367. The molecule has 1 unspecified atom stereocenters. The molecule has 3 nitrogen and oxygen atoms in total. The molecule has 0 bridgehead atoms. The summed E-state index contributed by atoms with van der Waals surface area (Å²) in [6.45, 7) is 2.07. The fourth-order valence-electron chi connectivity index (χ4n) is 2.48. The van der Waals surface area contributed by atoms with Crippen molar-refractivity contribution in [3.63, 3.8) is 0 Å². The maximum atomic E-state index is 10.1. The first-order chi connectivity index (χ1) is 8.25. The Morgan fingerprint density at radius 1 is 1.29 bits per heavy atom. The zero-order valence-corrected chi connectivity index (χ0v) is 9.90. The van der Waals surface area contributed by atoms with Crippen LogP contribution in [0.3, 0.4) is 0 Å². The van der Waals surface area contributed by atoms with Crippen molar-refractivity contribution in [3.8, 4) is 11.3 Å². The minimum atomic E-state index is -0.367. The molecule has 1 aromatic heterocycles. The number of benzene rings is 1. The number of H-pyrrole nitrogens is 1. The van der Waals surface area contributed by atoms with Gasteiger partial charge in [-0.1, -0.05) is 29.8 Å². The van der Waals surface area contributed by atoms with E-state index in [9.17, 15) is 5.11 Å². The van der Waals surface area contributed by atoms with Crippen LogP contribution in [0.15, 0.2) is 24.3 Å². The molecule has 0 spiro atoms. The molecule has 3 heteroatoms. The van der Waals surface area contributed by atoms with Gasteiger partial charge in [0, 0.05) is 16.8 Å². The van der Waals surface area contributed by atoms with E-state index in [1.807, 2.05) is 0 Å². The zero-order valence-electron chi connectivity index (χ0n) is 9.90. The Morgan fingerprint density at radius 3 is 2.82 bits per heavy atom. The Morgan fingerprint density at radius 2 is 2.06 bits per heavy atom. The summed E-state index contributed by atoms with van der Waals surface area (Å²) >= 11 is 0. The van der Waals surface area contributed by atoms with Crippen LogP contribution in [0.4, 0.5) is 0 Å². The summed E-state index contributed by atoms with van der Waals surface area (Å²) in [5.41, 5.74) is 5.32. The molecular formula is C14H16N2O. The monoisotopic (exact) mass is 228 g/mol. The number of fused-ring (bicyclic) bond motifs is 1. The van der Waals surface area contributed by atoms with E-state index < -0.39 is 0 Å². The predicted octanol–water partition coefficient (Wildman–Crippen LogP) is 2.75. The standard InChI is InChI=1S/C14H16N2O/c1-9-5-7-10(8-6-9)14-13-11(15-16-14)3-2-4-12(13)17/h5-8,12,17H,2-4H2,1H3,(H,15,16). The largest absolute Gasteiger partial charge is 0.388 e. The lowest BCUT2D eigenvalue weighted by molar-refractivity contribution is 0.157. The van der Waals surface area contributed by atoms with Gasteiger partial charge >= 0.3 is 0 Å². The number of aromatic nitrogens is 2. The summed E-state index contributed by atoms with van der Waals surface area (Å²) in [7, 11) is 0. The molecule has 0 amide bonds. The van der Waals surface area contributed by atoms with E-state index in [-0.39, 0.29) is 6.10 Å². The van der Waals surface area contributed by atoms with Crippen LogP contribution in [0.5, 0.6) is 0 Å². The number of aliphatic hydroxyl groups is 1. The smallest absolute Gasteiger partial charge is 0.0981 e. The number of nitrogens with one attached hydrogen (secondary N) is 1. The van der Waals surface area contributed by atoms with Gasteiger partial charge in [-0.15, -0.1) is 0 Å². The number of aryl methyl sites for hydroxylation is 2. The maximum Gasteiger partial charge on any atom is 0.0981 e. The van der Waals surface area contributed by atoms with Crippen molar-refractivity contribution in [3.05, 3.63) is 41.1 Å². The number of rotatable bonds is 1. The summed E-state index contributed by atoms with van der Waals surface area (Å²) in [6.07, 6.45) is 2.49. The predicted molar refractivity (Wildman–Crippen MR) is 66.7 cm³/mol. The number of hydrogen-bond donors (Lipinski definition) is 2. The van der Waals surface area contributed by atoms with Gasteiger partial charge in [0.2, 0.25) is 0 Å². The highest BCUT2D eigenvalue weighted by atomic mass is 16.3. The van der Waals surface area contributed by atoms with Crippen molar-refractivity contribution < 1.29 is 5.11 Å². The average molecular weight is 228 g/mol. The Kier molecular flexibility index (Phi) is 2.48. The molecule has 3 rings (SSSR count). The molecule has 0 saturated heterocycles. The Hall–Kier alpha value is -1.61. The maximum absolute atomic E-state index is 10.1. The van der Waals surface area contributed by atoms with Gasteiger partial charge < -0.3 is 5.11 Å². The molecule has 1 aromatic carbocycles. The molecular weight excluding hydrogens is 212 g/mol. The fourth-order valence-corrected chi connectivity index (χ4v) is 2.48. The summed E-state index contributed by atoms with van der Waals surface area (Å²) in [4.78, 5) is 0. The molecule has 1 atom stereocenters. The van der Waals surface area contributed by atoms with Crippen molar-refractivity contribution in [2.24, 2.45) is 0 Å². The van der Waals surface area contributed by atoms with Crippen molar-refractivity contribution in [1.29, 1.82) is 0 Å². The van der Waals surface area contributed by atoms with Gasteiger partial charge in [-0.25, -0.2) is 0 Å². The summed E-state index contributed by atoms with van der Waals surface area (Å²) in [5.74, 6) is 0. The van der Waals surface area contributed by atoms with Crippen LogP contribution in [0.2, 0.25) is 0 Å². The third kappa shape index (κ3) is 1.76. The second-order valence-electron chi connectivity index (χ2n) is 4.74. The van der Waals surface area contributed by atoms with Crippen LogP contribution in [0.1, 0.15) is 35.8 Å². The van der Waals surface area contributed by atoms with Crippen LogP contribution >= 0.6 is 0 Å². The van der Waals surface area contributed by atoms with Gasteiger partial charge in [-0.3, -0.25) is 5.10 Å². The van der Waals surface area contributed by atoms with Crippen molar-refractivity contribution in [2.45, 2.75) is 32.3 Å². The van der Waals surface area contributed by atoms with Gasteiger partial charge in [0.15, 0.2) is 0 Å². The molecule has 0 fully saturated rings. The Balaban J connectivity index is 2.09. The summed E-state index contributed by atoms with van der Waals surface area (Å²) in [5, 5.41) is 17.5. The van der Waals surface area contributed by atoms with Gasteiger partial charge in [-0.2, -0.15) is 5.10 Å². The first-order valence-corrected chi connectivity index (χ1v) is 6.08. The van der Waals surface area contributed by atoms with Gasteiger partial charge in [-0.05, 0) is 26.2 Å². The van der Waals surface area contributed by atoms with Gasteiger partial charge in [0.1, 0.15) is 0 Å². The van der Waals surface area contributed by atoms with E-state index in [0.29, 0.717) is 0 Å². The SMILES string of the molecule is Cc1ccc(-c2n[nH]c3c2C(O)CCC3)cc1. The van der Waals surface area contributed by atoms with Crippen LogP contribution in [-0.4, -0.2) is 15.3 Å². The number of aromatic amines is 1. The van der Waals surface area contributed by atoms with Crippen LogP contribution in [-0.2, 0) is 6.42 Å². The van der Waals surface area contributed by atoms with E-state index in [2.05, 4.69) is 41.4 Å². The van der Waals surface area contributed by atoms with Crippen LogP contribution in [0.25, 0.3) is 11.3 Å². The highest BCUT2D eigenvalue weighted by molar-refractivity contribution is 5.65. The van der Waals surface area contributed by atoms with Crippen LogP contribution in [0, 0.1) is 6.92 Å². The molecule has 0 saturated carbocycles. The highest BCUT2D eigenvalue weighted by Gasteiger charge is 2.24. The molecule has 17 heavy (non-hydrogen) atoms. The molecule has 88 valence electrons. The summed E-state index contributed by atoms with van der Waals surface area (Å²) < 4.78 is 0. The van der Waals surface area contributed by atoms with Crippen molar-refractivity contribution >= 4 is 0 Å². The Bertz CT molecular complexity index is 528. The quantitative estimate of drug-likeness (QED) is 0.788. The summed E-state index contributed by atoms with van der Waals surface area (Å²) in [6, 6.07) is 8.28. The molecule has 1 aliphatic rings. The van der Waals surface area contributed by atoms with E-state index in [4.69, 9.17) is 0 Å². The number of hydrogen-bond acceptors (Lipinski definition) is 2. The molecule has 0 radical (unpaired) electrons. The molecule has 2 aromatic rings. The number of aliphatic hydroxyl groups excluding tert-OH is 1. The highest BCUT2D eigenvalue weighted by Crippen LogP contribution is 2.35. The van der Waals surface area contributed by atoms with Gasteiger partial charge in [0.05, 0.1) is 11.8 Å². The normalized spacial score (nSPS) is 19.1. The van der Waals surface area contributed by atoms with Crippen molar-refractivity contribution in [2.75, 3.05) is 0 Å². The van der Waals surface area contributed by atoms with E-state index >= 15 is 0 Å². The number of nitrogens with zero attached hydrogens (tertiary/aromatic N) is 1. The lowest BCUT2D eigenvalue weighted by Gasteiger charge is -2.18. The molecule has 0 aliphatic heterocycles. The first kappa shape index (κ1) is 10.5. The van der Waals surface area contributed by atoms with Crippen molar-refractivity contribution in [1.82, 2.24) is 10.2 Å².